The molecule has 1 aromatic carbocycles. The number of para-hydroxylation sites is 1. The molecule has 1 fully saturated rings. The van der Waals surface area contributed by atoms with Crippen LogP contribution in [0.2, 0.25) is 0 Å². The number of aromatic amines is 1. The molecule has 5 nitrogen and oxygen atoms in total. The van der Waals surface area contributed by atoms with Crippen LogP contribution < -0.4 is 5.32 Å². The number of carbonyl (C=O) groups is 1. The van der Waals surface area contributed by atoms with Crippen molar-refractivity contribution in [2.24, 2.45) is 5.92 Å². The summed E-state index contributed by atoms with van der Waals surface area (Å²) in [6.07, 6.45) is 2.14. The molecular weight excluding hydrogens is 389 g/mol. The van der Waals surface area contributed by atoms with Crippen LogP contribution in [-0.2, 0) is 32.7 Å². The monoisotopic (exact) mass is 421 g/mol. The smallest absolute Gasteiger partial charge is 0.272 e. The van der Waals surface area contributed by atoms with Crippen molar-refractivity contribution in [3.63, 3.8) is 0 Å². The maximum atomic E-state index is 12.1. The van der Waals surface area contributed by atoms with Gasteiger partial charge in [-0.1, -0.05) is 58.7 Å². The maximum Gasteiger partial charge on any atom is 0.272 e. The fourth-order valence-corrected chi connectivity index (χ4v) is 2.47. The summed E-state index contributed by atoms with van der Waals surface area (Å²) in [6.45, 7) is 10.6. The van der Waals surface area contributed by atoms with E-state index in [1.807, 2.05) is 52.0 Å². The summed E-state index contributed by atoms with van der Waals surface area (Å²) in [5.74, 6) is 0.451. The van der Waals surface area contributed by atoms with Crippen LogP contribution in [0.5, 0.6) is 0 Å². The second-order valence-corrected chi connectivity index (χ2v) is 4.94. The minimum atomic E-state index is -0.0973. The van der Waals surface area contributed by atoms with Crippen molar-refractivity contribution in [1.29, 1.82) is 0 Å². The third kappa shape index (κ3) is 7.97. The molecule has 0 spiro atoms. The van der Waals surface area contributed by atoms with Crippen LogP contribution in [0.4, 0.5) is 0 Å². The van der Waals surface area contributed by atoms with Crippen molar-refractivity contribution in [3.05, 3.63) is 42.7 Å². The number of fused-ring (bicyclic) bond motifs is 1. The van der Waals surface area contributed by atoms with Crippen molar-refractivity contribution in [1.82, 2.24) is 15.5 Å². The van der Waals surface area contributed by atoms with Gasteiger partial charge in [0.1, 0.15) is 0 Å². The summed E-state index contributed by atoms with van der Waals surface area (Å²) in [4.78, 5) is 12.1. The molecule has 1 aliphatic rings. The number of nitrogens with zero attached hydrogens (tertiary/aromatic N) is 2. The number of rotatable bonds is 3. The van der Waals surface area contributed by atoms with E-state index < -0.39 is 0 Å². The fourth-order valence-electron chi connectivity index (χ4n) is 2.47. The van der Waals surface area contributed by atoms with Gasteiger partial charge >= 0.3 is 0 Å². The third-order valence-electron chi connectivity index (χ3n) is 3.63. The zero-order chi connectivity index (χ0) is 17.1. The molecule has 6 heteroatoms. The van der Waals surface area contributed by atoms with Gasteiger partial charge in [-0.15, -0.1) is 13.1 Å². The molecular formula is C19H32N4OY-2. The summed E-state index contributed by atoms with van der Waals surface area (Å²) < 4.78 is 0. The number of hydrogen-bond donors (Lipinski definition) is 2. The van der Waals surface area contributed by atoms with E-state index in [9.17, 15) is 4.79 Å². The van der Waals surface area contributed by atoms with E-state index in [0.29, 0.717) is 11.6 Å². The summed E-state index contributed by atoms with van der Waals surface area (Å²) in [5.41, 5.74) is 1.38. The zero-order valence-corrected chi connectivity index (χ0v) is 19.1. The molecule has 1 aliphatic heterocycles. The van der Waals surface area contributed by atoms with Gasteiger partial charge in [0.25, 0.3) is 5.91 Å². The molecule has 1 amide bonds. The molecule has 0 saturated carbocycles. The molecule has 139 valence electrons. The minimum absolute atomic E-state index is 0. The molecule has 25 heavy (non-hydrogen) atoms. The van der Waals surface area contributed by atoms with E-state index in [4.69, 9.17) is 0 Å². The first-order chi connectivity index (χ1) is 11.3. The number of benzene rings is 1. The van der Waals surface area contributed by atoms with Crippen LogP contribution in [-0.4, -0.2) is 35.7 Å². The van der Waals surface area contributed by atoms with Gasteiger partial charge in [0.05, 0.1) is 5.52 Å². The van der Waals surface area contributed by atoms with Crippen molar-refractivity contribution in [2.45, 2.75) is 40.5 Å². The molecule has 0 atom stereocenters. The van der Waals surface area contributed by atoms with E-state index in [1.165, 1.54) is 0 Å². The molecule has 3 rings (SSSR count). The van der Waals surface area contributed by atoms with E-state index in [-0.39, 0.29) is 46.0 Å². The standard InChI is InChI=1S/C14H17N4O.2C2H6.CH3.Y/c19-14(16-9-10-5-7-15-8-6-10)13-11-3-1-2-4-12(11)17-18-13;2*1-2;;/h1-4,10H,5-9H2,(H,16,19)(H,17,18);2*1-2H3;1H3;/q-1;;;-1;. The van der Waals surface area contributed by atoms with Crippen molar-refractivity contribution in [3.8, 4) is 0 Å². The normalized spacial score (nSPS) is 13.1. The molecule has 1 radical (unpaired) electrons. The number of amides is 1. The van der Waals surface area contributed by atoms with E-state index in [1.54, 1.807) is 0 Å². The quantitative estimate of drug-likeness (QED) is 0.713. The SMILES string of the molecule is CC.CC.O=C(NCC1CC[N-]CC1)c1n[nH]c2ccccc12.[CH3-].[Y]. The number of piperidine rings is 1. The molecule has 0 bridgehead atoms. The first-order valence-corrected chi connectivity index (χ1v) is 8.69. The van der Waals surface area contributed by atoms with Crippen LogP contribution in [0.25, 0.3) is 16.2 Å². The predicted molar refractivity (Wildman–Crippen MR) is 103 cm³/mol. The summed E-state index contributed by atoms with van der Waals surface area (Å²) in [7, 11) is 0. The number of carbonyl (C=O) groups excluding carboxylic acids is 1. The van der Waals surface area contributed by atoms with E-state index >= 15 is 0 Å². The number of hydrogen-bond acceptors (Lipinski definition) is 2. The number of H-pyrrole nitrogens is 1. The molecule has 2 heterocycles. The van der Waals surface area contributed by atoms with Crippen LogP contribution in [0, 0.1) is 13.3 Å². The fraction of sp³-hybridized carbons (Fsp3) is 0.526. The van der Waals surface area contributed by atoms with Gasteiger partial charge < -0.3 is 18.1 Å². The van der Waals surface area contributed by atoms with Crippen LogP contribution in [0.3, 0.4) is 0 Å². The van der Waals surface area contributed by atoms with Crippen LogP contribution in [0.1, 0.15) is 51.0 Å². The molecule has 1 aromatic heterocycles. The largest absolute Gasteiger partial charge is 0.662 e. The Balaban J connectivity index is 0. The van der Waals surface area contributed by atoms with Gasteiger partial charge in [-0.05, 0) is 12.0 Å². The van der Waals surface area contributed by atoms with Crippen molar-refractivity contribution in [2.75, 3.05) is 19.6 Å². The Labute approximate surface area is 178 Å². The van der Waals surface area contributed by atoms with Gasteiger partial charge in [-0.2, -0.15) is 5.10 Å². The average Bonchev–Trinajstić information content (AvgIpc) is 3.08. The van der Waals surface area contributed by atoms with Gasteiger partial charge in [-0.25, -0.2) is 0 Å². The minimum Gasteiger partial charge on any atom is -0.662 e. The van der Waals surface area contributed by atoms with Gasteiger partial charge in [-0.3, -0.25) is 9.89 Å². The maximum absolute atomic E-state index is 12.1. The Hall–Kier alpha value is -0.776. The second-order valence-electron chi connectivity index (χ2n) is 4.94. The average molecular weight is 421 g/mol. The van der Waals surface area contributed by atoms with Gasteiger partial charge in [0.2, 0.25) is 0 Å². The number of aromatic nitrogens is 2. The molecule has 0 aliphatic carbocycles. The van der Waals surface area contributed by atoms with Crippen LogP contribution >= 0.6 is 0 Å². The Morgan fingerprint density at radius 1 is 1.20 bits per heavy atom. The molecule has 2 aromatic rings. The topological polar surface area (TPSA) is 71.9 Å². The predicted octanol–water partition coefficient (Wildman–Crippen LogP) is 4.58. The van der Waals surface area contributed by atoms with E-state index in [0.717, 1.165) is 43.4 Å². The Kier molecular flexibility index (Phi) is 16.4. The number of nitrogens with one attached hydrogen (secondary N) is 2. The summed E-state index contributed by atoms with van der Waals surface area (Å²) >= 11 is 0. The summed E-state index contributed by atoms with van der Waals surface area (Å²) in [6, 6.07) is 7.67. The zero-order valence-electron chi connectivity index (χ0n) is 16.3. The molecule has 1 saturated heterocycles. The molecule has 0 unspecified atom stereocenters. The second kappa shape index (κ2) is 15.5. The van der Waals surface area contributed by atoms with Gasteiger partial charge in [0.15, 0.2) is 5.69 Å². The third-order valence-corrected chi connectivity index (χ3v) is 3.63. The van der Waals surface area contributed by atoms with Crippen molar-refractivity contribution >= 4 is 16.8 Å². The Morgan fingerprint density at radius 2 is 1.80 bits per heavy atom. The van der Waals surface area contributed by atoms with Gasteiger partial charge in [0, 0.05) is 44.6 Å². The van der Waals surface area contributed by atoms with Crippen molar-refractivity contribution < 1.29 is 37.5 Å². The summed E-state index contributed by atoms with van der Waals surface area (Å²) in [5, 5.41) is 15.2. The first kappa shape index (κ1) is 26.5. The first-order valence-electron chi connectivity index (χ1n) is 8.69. The van der Waals surface area contributed by atoms with E-state index in [2.05, 4.69) is 20.8 Å². The Bertz CT molecular complexity index is 580. The van der Waals surface area contributed by atoms with Crippen LogP contribution in [0.15, 0.2) is 24.3 Å². The molecule has 2 N–H and O–H groups in total. The Morgan fingerprint density at radius 3 is 2.44 bits per heavy atom.